The maximum Gasteiger partial charge on any atom is 0.376 e. The molecule has 1 unspecified atom stereocenters. The quantitative estimate of drug-likeness (QED) is 0.675. The summed E-state index contributed by atoms with van der Waals surface area (Å²) in [6, 6.07) is 13.1. The number of ether oxygens (including phenoxy) is 1. The van der Waals surface area contributed by atoms with Crippen LogP contribution in [0.2, 0.25) is 0 Å². The van der Waals surface area contributed by atoms with E-state index < -0.39 is 17.8 Å². The van der Waals surface area contributed by atoms with Crippen molar-refractivity contribution in [2.45, 2.75) is 13.0 Å². The van der Waals surface area contributed by atoms with Crippen molar-refractivity contribution in [3.05, 3.63) is 42.5 Å². The first-order valence-electron chi connectivity index (χ1n) is 5.99. The van der Waals surface area contributed by atoms with Crippen LogP contribution in [0.3, 0.4) is 0 Å². The Morgan fingerprint density at radius 1 is 1.11 bits per heavy atom. The van der Waals surface area contributed by atoms with Gasteiger partial charge in [0.1, 0.15) is 0 Å². The topological polar surface area (TPSA) is 55.4 Å². The van der Waals surface area contributed by atoms with E-state index in [1.54, 1.807) is 6.92 Å². The molecule has 0 radical (unpaired) electrons. The van der Waals surface area contributed by atoms with Crippen LogP contribution in [0, 0.1) is 0 Å². The van der Waals surface area contributed by atoms with Crippen LogP contribution in [0.5, 0.6) is 0 Å². The van der Waals surface area contributed by atoms with Crippen LogP contribution >= 0.6 is 0 Å². The number of carbonyl (C=O) groups is 2. The van der Waals surface area contributed by atoms with E-state index in [4.69, 9.17) is 0 Å². The third kappa shape index (κ3) is 2.91. The fourth-order valence-electron chi connectivity index (χ4n) is 1.87. The zero-order chi connectivity index (χ0) is 13.8. The van der Waals surface area contributed by atoms with Gasteiger partial charge in [-0.15, -0.1) is 0 Å². The molecule has 0 aliphatic heterocycles. The van der Waals surface area contributed by atoms with Crippen LogP contribution in [-0.2, 0) is 14.3 Å². The summed E-state index contributed by atoms with van der Waals surface area (Å²) in [6.07, 6.45) is 0. The molecule has 0 bridgehead atoms. The van der Waals surface area contributed by atoms with Gasteiger partial charge in [-0.1, -0.05) is 30.3 Å². The number of Topliss-reactive ketones (excluding diaryl/α,β-unsaturated/α-hetero) is 1. The Kier molecular flexibility index (Phi) is 3.80. The van der Waals surface area contributed by atoms with Crippen molar-refractivity contribution in [2.24, 2.45) is 0 Å². The smallest absolute Gasteiger partial charge is 0.376 e. The number of hydrogen-bond acceptors (Lipinski definition) is 4. The van der Waals surface area contributed by atoms with E-state index in [1.807, 2.05) is 42.5 Å². The van der Waals surface area contributed by atoms with E-state index in [0.29, 0.717) is 0 Å². The average Bonchev–Trinajstić information content (AvgIpc) is 2.45. The molecular formula is C15H15NO3. The Hall–Kier alpha value is -2.36. The molecule has 0 saturated heterocycles. The maximum atomic E-state index is 11.6. The maximum absolute atomic E-state index is 11.6. The summed E-state index contributed by atoms with van der Waals surface area (Å²) in [5, 5.41) is 5.20. The highest BCUT2D eigenvalue weighted by atomic mass is 16.5. The van der Waals surface area contributed by atoms with Crippen LogP contribution in [0.25, 0.3) is 10.8 Å². The summed E-state index contributed by atoms with van der Waals surface area (Å²) in [7, 11) is 1.20. The summed E-state index contributed by atoms with van der Waals surface area (Å²) in [6.45, 7) is 1.63. The molecule has 0 fully saturated rings. The highest BCUT2D eigenvalue weighted by molar-refractivity contribution is 6.36. The van der Waals surface area contributed by atoms with Gasteiger partial charge < -0.3 is 10.1 Å². The molecule has 0 saturated carbocycles. The number of fused-ring (bicyclic) bond motifs is 1. The van der Waals surface area contributed by atoms with E-state index in [9.17, 15) is 9.59 Å². The Labute approximate surface area is 111 Å². The second kappa shape index (κ2) is 5.52. The molecule has 0 aromatic heterocycles. The van der Waals surface area contributed by atoms with Gasteiger partial charge in [-0.05, 0) is 29.8 Å². The minimum absolute atomic E-state index is 0.587. The van der Waals surface area contributed by atoms with Crippen molar-refractivity contribution in [3.8, 4) is 0 Å². The predicted octanol–water partition coefficient (Wildman–Crippen LogP) is 2.38. The summed E-state index contributed by atoms with van der Waals surface area (Å²) in [4.78, 5) is 22.7. The molecule has 0 aliphatic rings. The van der Waals surface area contributed by atoms with E-state index in [0.717, 1.165) is 16.5 Å². The zero-order valence-electron chi connectivity index (χ0n) is 10.8. The van der Waals surface area contributed by atoms with Gasteiger partial charge in [0.25, 0.3) is 5.78 Å². The van der Waals surface area contributed by atoms with Crippen LogP contribution in [0.1, 0.15) is 6.92 Å². The summed E-state index contributed by atoms with van der Waals surface area (Å²) < 4.78 is 4.41. The molecule has 0 aliphatic carbocycles. The number of esters is 1. The lowest BCUT2D eigenvalue weighted by Crippen LogP contribution is -2.33. The molecule has 4 nitrogen and oxygen atoms in total. The van der Waals surface area contributed by atoms with Crippen LogP contribution in [-0.4, -0.2) is 24.9 Å². The van der Waals surface area contributed by atoms with Gasteiger partial charge in [-0.2, -0.15) is 0 Å². The number of rotatable bonds is 4. The van der Waals surface area contributed by atoms with E-state index in [1.165, 1.54) is 7.11 Å². The number of hydrogen-bond donors (Lipinski definition) is 1. The highest BCUT2D eigenvalue weighted by Gasteiger charge is 2.21. The van der Waals surface area contributed by atoms with Crippen LogP contribution in [0.4, 0.5) is 5.69 Å². The second-order valence-corrected chi connectivity index (χ2v) is 4.28. The average molecular weight is 257 g/mol. The monoisotopic (exact) mass is 257 g/mol. The molecule has 19 heavy (non-hydrogen) atoms. The minimum atomic E-state index is -0.833. The molecule has 2 aromatic rings. The molecule has 2 aromatic carbocycles. The van der Waals surface area contributed by atoms with Crippen molar-refractivity contribution in [1.29, 1.82) is 0 Å². The normalized spacial score (nSPS) is 11.9. The number of nitrogens with one attached hydrogen (secondary N) is 1. The zero-order valence-corrected chi connectivity index (χ0v) is 10.8. The van der Waals surface area contributed by atoms with Gasteiger partial charge in [0.05, 0.1) is 13.2 Å². The van der Waals surface area contributed by atoms with Gasteiger partial charge in [-0.25, -0.2) is 4.79 Å². The summed E-state index contributed by atoms with van der Waals surface area (Å²) in [5.41, 5.74) is 0.795. The second-order valence-electron chi connectivity index (χ2n) is 4.28. The Morgan fingerprint density at radius 2 is 1.79 bits per heavy atom. The molecule has 0 spiro atoms. The molecule has 2 rings (SSSR count). The van der Waals surface area contributed by atoms with Crippen molar-refractivity contribution in [2.75, 3.05) is 12.4 Å². The molecule has 0 heterocycles. The van der Waals surface area contributed by atoms with Gasteiger partial charge >= 0.3 is 5.97 Å². The molecule has 0 amide bonds. The third-order valence-corrected chi connectivity index (χ3v) is 2.91. The van der Waals surface area contributed by atoms with Crippen molar-refractivity contribution >= 4 is 28.2 Å². The summed E-state index contributed by atoms with van der Waals surface area (Å²) >= 11 is 0. The Morgan fingerprint density at radius 3 is 2.47 bits per heavy atom. The highest BCUT2D eigenvalue weighted by Crippen LogP contribution is 2.19. The van der Waals surface area contributed by atoms with Gasteiger partial charge in [0.2, 0.25) is 0 Å². The number of ketones is 1. The van der Waals surface area contributed by atoms with Crippen molar-refractivity contribution < 1.29 is 14.3 Å². The first-order valence-corrected chi connectivity index (χ1v) is 5.99. The van der Waals surface area contributed by atoms with Crippen molar-refractivity contribution in [1.82, 2.24) is 0 Å². The van der Waals surface area contributed by atoms with Crippen LogP contribution in [0.15, 0.2) is 42.5 Å². The fourth-order valence-corrected chi connectivity index (χ4v) is 1.87. The van der Waals surface area contributed by atoms with Crippen LogP contribution < -0.4 is 5.32 Å². The predicted molar refractivity (Wildman–Crippen MR) is 74.1 cm³/mol. The van der Waals surface area contributed by atoms with Gasteiger partial charge in [-0.3, -0.25) is 4.79 Å². The third-order valence-electron chi connectivity index (χ3n) is 2.91. The minimum Gasteiger partial charge on any atom is -0.463 e. The first kappa shape index (κ1) is 13.1. The van der Waals surface area contributed by atoms with Crippen molar-refractivity contribution in [3.63, 3.8) is 0 Å². The molecular weight excluding hydrogens is 242 g/mol. The molecule has 4 heteroatoms. The molecule has 98 valence electrons. The van der Waals surface area contributed by atoms with Gasteiger partial charge in [0, 0.05) is 5.69 Å². The number of anilines is 1. The van der Waals surface area contributed by atoms with E-state index in [2.05, 4.69) is 10.1 Å². The lowest BCUT2D eigenvalue weighted by molar-refractivity contribution is -0.151. The Bertz CT molecular complexity index is 622. The largest absolute Gasteiger partial charge is 0.463 e. The Balaban J connectivity index is 2.17. The number of methoxy groups -OCH3 is 1. The molecule has 1 atom stereocenters. The summed E-state index contributed by atoms with van der Waals surface area (Å²) in [5.74, 6) is -1.42. The number of benzene rings is 2. The van der Waals surface area contributed by atoms with E-state index in [-0.39, 0.29) is 0 Å². The van der Waals surface area contributed by atoms with E-state index >= 15 is 0 Å². The van der Waals surface area contributed by atoms with Gasteiger partial charge in [0.15, 0.2) is 0 Å². The number of carbonyl (C=O) groups excluding carboxylic acids is 2. The lowest BCUT2D eigenvalue weighted by Gasteiger charge is -2.13. The molecule has 1 N–H and O–H groups in total. The SMILES string of the molecule is COC(=O)C(=O)C(C)Nc1ccc2ccccc2c1. The first-order chi connectivity index (χ1) is 9.11. The lowest BCUT2D eigenvalue weighted by atomic mass is 10.1. The standard InChI is InChI=1S/C15H15NO3/c1-10(14(17)15(18)19-2)16-13-8-7-11-5-3-4-6-12(11)9-13/h3-10,16H,1-2H3. The fraction of sp³-hybridized carbons (Fsp3) is 0.200.